The predicted molar refractivity (Wildman–Crippen MR) is 93.7 cm³/mol. The molecule has 110 valence electrons. The number of ketones is 1. The molecule has 22 heavy (non-hydrogen) atoms. The zero-order valence-electron chi connectivity index (χ0n) is 11.8. The van der Waals surface area contributed by atoms with Crippen molar-refractivity contribution in [1.82, 2.24) is 4.98 Å². The Morgan fingerprint density at radius 1 is 1.14 bits per heavy atom. The molecule has 0 saturated heterocycles. The van der Waals surface area contributed by atoms with Gasteiger partial charge in [-0.25, -0.2) is 4.98 Å². The predicted octanol–water partition coefficient (Wildman–Crippen LogP) is 4.40. The van der Waals surface area contributed by atoms with E-state index < -0.39 is 0 Å². The minimum Gasteiger partial charge on any atom is -0.292 e. The van der Waals surface area contributed by atoms with E-state index in [9.17, 15) is 4.79 Å². The van der Waals surface area contributed by atoms with Crippen LogP contribution >= 0.6 is 23.1 Å². The molecule has 1 heterocycles. The van der Waals surface area contributed by atoms with Gasteiger partial charge < -0.3 is 0 Å². The summed E-state index contributed by atoms with van der Waals surface area (Å²) < 4.78 is 1.91. The third-order valence-corrected chi connectivity index (χ3v) is 4.99. The van der Waals surface area contributed by atoms with Crippen molar-refractivity contribution in [2.75, 3.05) is 5.43 Å². The van der Waals surface area contributed by atoms with Crippen molar-refractivity contribution in [2.45, 2.75) is 11.3 Å². The van der Waals surface area contributed by atoms with Gasteiger partial charge in [0.05, 0.1) is 15.9 Å². The van der Waals surface area contributed by atoms with Crippen LogP contribution in [0.3, 0.4) is 0 Å². The maximum Gasteiger partial charge on any atom is 0.186 e. The third kappa shape index (κ3) is 3.52. The largest absolute Gasteiger partial charge is 0.292 e. The van der Waals surface area contributed by atoms with Gasteiger partial charge in [0, 0.05) is 6.92 Å². The number of fused-ring (bicyclic) bond motifs is 1. The van der Waals surface area contributed by atoms with E-state index in [1.807, 2.05) is 54.6 Å². The molecule has 0 saturated carbocycles. The maximum atomic E-state index is 11.8. The fourth-order valence-electron chi connectivity index (χ4n) is 1.78. The lowest BCUT2D eigenvalue weighted by molar-refractivity contribution is -0.110. The quantitative estimate of drug-likeness (QED) is 0.334. The first-order chi connectivity index (χ1) is 10.7. The molecule has 0 spiro atoms. The minimum atomic E-state index is -0.0901. The van der Waals surface area contributed by atoms with Crippen molar-refractivity contribution >= 4 is 49.8 Å². The highest BCUT2D eigenvalue weighted by molar-refractivity contribution is 8.17. The molecule has 3 aromatic rings. The number of anilines is 1. The molecular weight excluding hydrogens is 314 g/mol. The number of carbonyl (C=O) groups is 1. The van der Waals surface area contributed by atoms with Crippen molar-refractivity contribution in [3.8, 4) is 0 Å². The van der Waals surface area contributed by atoms with E-state index in [0.29, 0.717) is 5.04 Å². The number of nitrogens with zero attached hydrogens (tertiary/aromatic N) is 2. The molecule has 0 fully saturated rings. The lowest BCUT2D eigenvalue weighted by Crippen LogP contribution is -2.07. The van der Waals surface area contributed by atoms with E-state index in [4.69, 9.17) is 0 Å². The van der Waals surface area contributed by atoms with Gasteiger partial charge in [0.1, 0.15) is 0 Å². The number of benzene rings is 2. The van der Waals surface area contributed by atoms with Crippen LogP contribution in [-0.2, 0) is 4.79 Å². The summed E-state index contributed by atoms with van der Waals surface area (Å²) in [7, 11) is 0. The lowest BCUT2D eigenvalue weighted by atomic mass is 10.3. The third-order valence-electron chi connectivity index (χ3n) is 2.82. The molecule has 3 rings (SSSR count). The maximum absolute atomic E-state index is 11.8. The average molecular weight is 327 g/mol. The zero-order valence-corrected chi connectivity index (χ0v) is 13.4. The van der Waals surface area contributed by atoms with Gasteiger partial charge in [-0.05, 0) is 36.0 Å². The SMILES string of the molecule is CC(=O)/C(=N\Nc1ccccc1)Sc1nc2ccccc2s1. The Morgan fingerprint density at radius 3 is 2.59 bits per heavy atom. The minimum absolute atomic E-state index is 0.0901. The Hall–Kier alpha value is -2.18. The van der Waals surface area contributed by atoms with Gasteiger partial charge in [0.25, 0.3) is 0 Å². The summed E-state index contributed by atoms with van der Waals surface area (Å²) in [4.78, 5) is 16.3. The summed E-state index contributed by atoms with van der Waals surface area (Å²) in [6.07, 6.45) is 0. The van der Waals surface area contributed by atoms with Crippen molar-refractivity contribution in [1.29, 1.82) is 0 Å². The van der Waals surface area contributed by atoms with Gasteiger partial charge in [0.2, 0.25) is 0 Å². The molecular formula is C16H13N3OS2. The number of para-hydroxylation sites is 2. The van der Waals surface area contributed by atoms with Crippen molar-refractivity contribution in [3.05, 3.63) is 54.6 Å². The normalized spacial score (nSPS) is 11.6. The van der Waals surface area contributed by atoms with Crippen LogP contribution in [0.1, 0.15) is 6.92 Å². The smallest absolute Gasteiger partial charge is 0.186 e. The van der Waals surface area contributed by atoms with Crippen molar-refractivity contribution < 1.29 is 4.79 Å². The van der Waals surface area contributed by atoms with E-state index >= 15 is 0 Å². The van der Waals surface area contributed by atoms with Crippen LogP contribution in [0.4, 0.5) is 5.69 Å². The second-order valence-corrected chi connectivity index (χ2v) is 6.77. The van der Waals surface area contributed by atoms with Crippen LogP contribution in [0.5, 0.6) is 0 Å². The van der Waals surface area contributed by atoms with Crippen LogP contribution in [0.2, 0.25) is 0 Å². The summed E-state index contributed by atoms with van der Waals surface area (Å²) in [6, 6.07) is 17.4. The summed E-state index contributed by atoms with van der Waals surface area (Å²) in [5.41, 5.74) is 4.68. The molecule has 4 nitrogen and oxygen atoms in total. The number of hydrogen-bond donors (Lipinski definition) is 1. The monoisotopic (exact) mass is 327 g/mol. The number of thioether (sulfide) groups is 1. The first-order valence-electron chi connectivity index (χ1n) is 6.65. The molecule has 0 radical (unpaired) electrons. The first kappa shape index (κ1) is 14.7. The van der Waals surface area contributed by atoms with Crippen molar-refractivity contribution in [2.24, 2.45) is 5.10 Å². The molecule has 6 heteroatoms. The average Bonchev–Trinajstić information content (AvgIpc) is 2.94. The fraction of sp³-hybridized carbons (Fsp3) is 0.0625. The Balaban J connectivity index is 1.80. The highest BCUT2D eigenvalue weighted by Crippen LogP contribution is 2.30. The van der Waals surface area contributed by atoms with Gasteiger partial charge in [-0.15, -0.1) is 11.3 Å². The second-order valence-electron chi connectivity index (χ2n) is 4.50. The Labute approximate surface area is 136 Å². The van der Waals surface area contributed by atoms with Gasteiger partial charge in [0.15, 0.2) is 15.2 Å². The molecule has 0 bridgehead atoms. The van der Waals surface area contributed by atoms with Crippen LogP contribution < -0.4 is 5.43 Å². The van der Waals surface area contributed by atoms with Gasteiger partial charge >= 0.3 is 0 Å². The number of hydrazone groups is 1. The summed E-state index contributed by atoms with van der Waals surface area (Å²) in [5, 5.41) is 4.60. The summed E-state index contributed by atoms with van der Waals surface area (Å²) >= 11 is 2.84. The molecule has 0 aliphatic rings. The Bertz CT molecular complexity index is 795. The number of aromatic nitrogens is 1. The number of hydrogen-bond acceptors (Lipinski definition) is 6. The second kappa shape index (κ2) is 6.72. The molecule has 2 aromatic carbocycles. The van der Waals surface area contributed by atoms with E-state index in [1.54, 1.807) is 11.3 Å². The van der Waals surface area contributed by atoms with Crippen molar-refractivity contribution in [3.63, 3.8) is 0 Å². The first-order valence-corrected chi connectivity index (χ1v) is 8.29. The van der Waals surface area contributed by atoms with Crippen LogP contribution in [0, 0.1) is 0 Å². The molecule has 0 aliphatic heterocycles. The van der Waals surface area contributed by atoms with Crippen LogP contribution in [-0.4, -0.2) is 15.8 Å². The number of carbonyl (C=O) groups excluding carboxylic acids is 1. The molecule has 0 aliphatic carbocycles. The van der Waals surface area contributed by atoms with E-state index in [-0.39, 0.29) is 5.78 Å². The Kier molecular flexibility index (Phi) is 4.50. The summed E-state index contributed by atoms with van der Waals surface area (Å²) in [5.74, 6) is -0.0901. The lowest BCUT2D eigenvalue weighted by Gasteiger charge is -2.02. The van der Waals surface area contributed by atoms with Gasteiger partial charge in [-0.3, -0.25) is 10.2 Å². The molecule has 0 amide bonds. The summed E-state index contributed by atoms with van der Waals surface area (Å²) in [6.45, 7) is 1.51. The van der Waals surface area contributed by atoms with E-state index in [0.717, 1.165) is 20.2 Å². The zero-order chi connectivity index (χ0) is 15.4. The number of nitrogens with one attached hydrogen (secondary N) is 1. The number of rotatable bonds is 4. The highest BCUT2D eigenvalue weighted by Gasteiger charge is 2.12. The molecule has 1 N–H and O–H groups in total. The van der Waals surface area contributed by atoms with Crippen LogP contribution in [0.15, 0.2) is 64.0 Å². The topological polar surface area (TPSA) is 54.4 Å². The van der Waals surface area contributed by atoms with Crippen LogP contribution in [0.25, 0.3) is 10.2 Å². The molecule has 0 atom stereocenters. The fourth-order valence-corrected chi connectivity index (χ4v) is 3.69. The van der Waals surface area contributed by atoms with E-state index in [2.05, 4.69) is 15.5 Å². The van der Waals surface area contributed by atoms with Gasteiger partial charge in [-0.2, -0.15) is 5.10 Å². The highest BCUT2D eigenvalue weighted by atomic mass is 32.2. The number of thiazole rings is 1. The molecule has 1 aromatic heterocycles. The standard InChI is InChI=1S/C16H13N3OS2/c1-11(20)15(19-18-12-7-3-2-4-8-12)22-16-17-13-9-5-6-10-14(13)21-16/h2-10,18H,1H3/b19-15+. The molecule has 0 unspecified atom stereocenters. The number of Topliss-reactive ketones (excluding diaryl/α,β-unsaturated/α-hetero) is 1. The van der Waals surface area contributed by atoms with Gasteiger partial charge in [-0.1, -0.05) is 30.3 Å². The van der Waals surface area contributed by atoms with E-state index in [1.165, 1.54) is 18.7 Å². The Morgan fingerprint density at radius 2 is 1.86 bits per heavy atom.